The fourth-order valence-corrected chi connectivity index (χ4v) is 3.33. The monoisotopic (exact) mass is 453 g/mol. The number of nitrogens with one attached hydrogen (secondary N) is 1. The second-order valence-corrected chi connectivity index (χ2v) is 7.72. The summed E-state index contributed by atoms with van der Waals surface area (Å²) in [6.45, 7) is 5.20. The Morgan fingerprint density at radius 3 is 2.41 bits per heavy atom. The molecule has 0 bridgehead atoms. The molecule has 0 saturated carbocycles. The van der Waals surface area contributed by atoms with Crippen molar-refractivity contribution in [2.24, 2.45) is 0 Å². The molecular weight excluding hydrogens is 426 g/mol. The maximum atomic E-state index is 12.7. The molecule has 5 nitrogen and oxygen atoms in total. The van der Waals surface area contributed by atoms with Crippen LogP contribution in [0.1, 0.15) is 34.0 Å². The molecule has 0 unspecified atom stereocenters. The van der Waals surface area contributed by atoms with Crippen molar-refractivity contribution in [1.29, 1.82) is 0 Å². The summed E-state index contributed by atoms with van der Waals surface area (Å²) in [5.74, 6) is 2.09. The van der Waals surface area contributed by atoms with Gasteiger partial charge in [-0.25, -0.2) is 0 Å². The van der Waals surface area contributed by atoms with Crippen LogP contribution in [0.25, 0.3) is 0 Å². The van der Waals surface area contributed by atoms with E-state index in [1.807, 2.05) is 68.4 Å². The largest absolute Gasteiger partial charge is 0.497 e. The van der Waals surface area contributed by atoms with E-state index in [-0.39, 0.29) is 12.5 Å². The van der Waals surface area contributed by atoms with Gasteiger partial charge in [0.25, 0.3) is 5.91 Å². The van der Waals surface area contributed by atoms with Crippen LogP contribution in [0.5, 0.6) is 17.2 Å². The number of carbonyl (C=O) groups is 1. The third-order valence-corrected chi connectivity index (χ3v) is 5.43. The zero-order valence-electron chi connectivity index (χ0n) is 18.6. The van der Waals surface area contributed by atoms with Gasteiger partial charge in [-0.1, -0.05) is 23.7 Å². The highest BCUT2D eigenvalue weighted by atomic mass is 35.5. The Balaban J connectivity index is 1.63. The van der Waals surface area contributed by atoms with Crippen LogP contribution < -0.4 is 19.5 Å². The lowest BCUT2D eigenvalue weighted by atomic mass is 10.1. The van der Waals surface area contributed by atoms with E-state index in [2.05, 4.69) is 5.32 Å². The van der Waals surface area contributed by atoms with Crippen molar-refractivity contribution < 1.29 is 19.0 Å². The van der Waals surface area contributed by atoms with E-state index in [9.17, 15) is 4.79 Å². The van der Waals surface area contributed by atoms with Crippen LogP contribution in [0.3, 0.4) is 0 Å². The number of aryl methyl sites for hydroxylation is 1. The first kappa shape index (κ1) is 23.5. The second kappa shape index (κ2) is 11.4. The van der Waals surface area contributed by atoms with E-state index in [0.717, 1.165) is 28.9 Å². The molecule has 0 radical (unpaired) electrons. The molecule has 0 aliphatic rings. The van der Waals surface area contributed by atoms with Gasteiger partial charge in [-0.3, -0.25) is 4.79 Å². The standard InChI is InChI=1S/C26H28ClNO4/c1-4-31-25-12-7-20(16-21(25)17-32-23-10-11-24(27)18(2)15-23)26(29)28-14-13-19-5-8-22(30-3)9-6-19/h5-12,15-16H,4,13-14,17H2,1-3H3,(H,28,29). The molecule has 32 heavy (non-hydrogen) atoms. The maximum Gasteiger partial charge on any atom is 0.251 e. The van der Waals surface area contributed by atoms with Crippen molar-refractivity contribution in [2.75, 3.05) is 20.3 Å². The number of hydrogen-bond donors (Lipinski definition) is 1. The van der Waals surface area contributed by atoms with E-state index in [1.165, 1.54) is 0 Å². The topological polar surface area (TPSA) is 56.8 Å². The summed E-state index contributed by atoms with van der Waals surface area (Å²) in [6.07, 6.45) is 0.735. The summed E-state index contributed by atoms with van der Waals surface area (Å²) in [7, 11) is 1.64. The highest BCUT2D eigenvalue weighted by molar-refractivity contribution is 6.31. The Kier molecular flexibility index (Phi) is 8.40. The molecule has 3 aromatic carbocycles. The Hall–Kier alpha value is -3.18. The fourth-order valence-electron chi connectivity index (χ4n) is 3.21. The number of benzene rings is 3. The van der Waals surface area contributed by atoms with Gasteiger partial charge in [-0.2, -0.15) is 0 Å². The van der Waals surface area contributed by atoms with E-state index in [4.69, 9.17) is 25.8 Å². The molecule has 0 aliphatic heterocycles. The number of amides is 1. The van der Waals surface area contributed by atoms with Gasteiger partial charge in [-0.15, -0.1) is 0 Å². The zero-order chi connectivity index (χ0) is 22.9. The Bertz CT molecular complexity index is 1050. The summed E-state index contributed by atoms with van der Waals surface area (Å²) < 4.78 is 16.8. The zero-order valence-corrected chi connectivity index (χ0v) is 19.4. The van der Waals surface area contributed by atoms with Crippen LogP contribution in [0, 0.1) is 6.92 Å². The van der Waals surface area contributed by atoms with Crippen molar-refractivity contribution in [3.8, 4) is 17.2 Å². The van der Waals surface area contributed by atoms with Crippen LogP contribution >= 0.6 is 11.6 Å². The summed E-state index contributed by atoms with van der Waals surface area (Å²) in [5.41, 5.74) is 3.45. The molecule has 3 aromatic rings. The smallest absolute Gasteiger partial charge is 0.251 e. The average molecular weight is 454 g/mol. The molecule has 3 rings (SSSR count). The van der Waals surface area contributed by atoms with Crippen LogP contribution in [0.4, 0.5) is 0 Å². The minimum Gasteiger partial charge on any atom is -0.497 e. The third kappa shape index (κ3) is 6.41. The molecule has 0 spiro atoms. The molecule has 0 aliphatic carbocycles. The van der Waals surface area contributed by atoms with E-state index in [1.54, 1.807) is 13.2 Å². The molecule has 0 aromatic heterocycles. The molecule has 6 heteroatoms. The van der Waals surface area contributed by atoms with Crippen molar-refractivity contribution in [3.05, 3.63) is 87.9 Å². The lowest BCUT2D eigenvalue weighted by Crippen LogP contribution is -2.25. The lowest BCUT2D eigenvalue weighted by Gasteiger charge is -2.14. The number of halogens is 1. The fraction of sp³-hybridized carbons (Fsp3) is 0.269. The number of hydrogen-bond acceptors (Lipinski definition) is 4. The first-order valence-corrected chi connectivity index (χ1v) is 10.9. The lowest BCUT2D eigenvalue weighted by molar-refractivity contribution is 0.0954. The summed E-state index contributed by atoms with van der Waals surface area (Å²) >= 11 is 6.09. The molecule has 0 atom stereocenters. The highest BCUT2D eigenvalue weighted by Gasteiger charge is 2.12. The van der Waals surface area contributed by atoms with Gasteiger partial charge < -0.3 is 19.5 Å². The number of methoxy groups -OCH3 is 1. The van der Waals surface area contributed by atoms with Crippen LogP contribution in [-0.2, 0) is 13.0 Å². The Morgan fingerprint density at radius 1 is 0.969 bits per heavy atom. The van der Waals surface area contributed by atoms with Crippen molar-refractivity contribution in [3.63, 3.8) is 0 Å². The molecular formula is C26H28ClNO4. The van der Waals surface area contributed by atoms with Gasteiger partial charge in [0.1, 0.15) is 23.9 Å². The van der Waals surface area contributed by atoms with Crippen LogP contribution in [0.15, 0.2) is 60.7 Å². The van der Waals surface area contributed by atoms with E-state index < -0.39 is 0 Å². The van der Waals surface area contributed by atoms with E-state index in [0.29, 0.717) is 35.2 Å². The second-order valence-electron chi connectivity index (χ2n) is 7.31. The normalized spacial score (nSPS) is 10.5. The van der Waals surface area contributed by atoms with Crippen LogP contribution in [0.2, 0.25) is 5.02 Å². The third-order valence-electron chi connectivity index (χ3n) is 5.00. The molecule has 0 saturated heterocycles. The van der Waals surface area contributed by atoms with Gasteiger partial charge in [0.05, 0.1) is 13.7 Å². The summed E-state index contributed by atoms with van der Waals surface area (Å²) in [6, 6.07) is 18.7. The molecule has 0 heterocycles. The van der Waals surface area contributed by atoms with Gasteiger partial charge in [-0.05, 0) is 79.9 Å². The van der Waals surface area contributed by atoms with Crippen molar-refractivity contribution in [2.45, 2.75) is 26.9 Å². The van der Waals surface area contributed by atoms with E-state index >= 15 is 0 Å². The molecule has 0 fully saturated rings. The van der Waals surface area contributed by atoms with Gasteiger partial charge >= 0.3 is 0 Å². The first-order chi connectivity index (χ1) is 15.5. The molecule has 1 amide bonds. The summed E-state index contributed by atoms with van der Waals surface area (Å²) in [4.78, 5) is 12.7. The minimum absolute atomic E-state index is 0.134. The van der Waals surface area contributed by atoms with Gasteiger partial charge in [0, 0.05) is 22.7 Å². The molecule has 168 valence electrons. The van der Waals surface area contributed by atoms with Gasteiger partial charge in [0.15, 0.2) is 0 Å². The first-order valence-electron chi connectivity index (χ1n) is 10.6. The SMILES string of the molecule is CCOc1ccc(C(=O)NCCc2ccc(OC)cc2)cc1COc1ccc(Cl)c(C)c1. The number of ether oxygens (including phenoxy) is 3. The Morgan fingerprint density at radius 2 is 1.72 bits per heavy atom. The maximum absolute atomic E-state index is 12.7. The predicted octanol–water partition coefficient (Wildman–Crippen LogP) is 5.61. The Labute approximate surface area is 194 Å². The van der Waals surface area contributed by atoms with Crippen molar-refractivity contribution in [1.82, 2.24) is 5.32 Å². The van der Waals surface area contributed by atoms with Crippen LogP contribution in [-0.4, -0.2) is 26.2 Å². The predicted molar refractivity (Wildman–Crippen MR) is 127 cm³/mol. The summed E-state index contributed by atoms with van der Waals surface area (Å²) in [5, 5.41) is 3.67. The number of rotatable bonds is 10. The quantitative estimate of drug-likeness (QED) is 0.433. The minimum atomic E-state index is -0.134. The highest BCUT2D eigenvalue weighted by Crippen LogP contribution is 2.25. The van der Waals surface area contributed by atoms with Gasteiger partial charge in [0.2, 0.25) is 0 Å². The molecule has 1 N–H and O–H groups in total. The number of carbonyl (C=O) groups excluding carboxylic acids is 1. The average Bonchev–Trinajstić information content (AvgIpc) is 2.81. The van der Waals surface area contributed by atoms with Crippen molar-refractivity contribution >= 4 is 17.5 Å².